The van der Waals surface area contributed by atoms with E-state index in [0.717, 1.165) is 47.9 Å². The van der Waals surface area contributed by atoms with Crippen molar-refractivity contribution in [1.82, 2.24) is 40.8 Å². The molecule has 0 aliphatic carbocycles. The van der Waals surface area contributed by atoms with Crippen molar-refractivity contribution in [3.05, 3.63) is 117 Å². The van der Waals surface area contributed by atoms with Crippen molar-refractivity contribution in [2.75, 3.05) is 25.4 Å². The number of β-lactam (4-membered cyclic amide) rings is 1. The summed E-state index contributed by atoms with van der Waals surface area (Å²) in [7, 11) is 0. The number of carbonyl (C=O) groups is 9. The topological polar surface area (TPSA) is 253 Å². The molecule has 3 aliphatic heterocycles. The highest BCUT2D eigenvalue weighted by molar-refractivity contribution is 8.00. The van der Waals surface area contributed by atoms with E-state index in [1.165, 1.54) is 22.5 Å². The number of aromatic nitrogens is 2. The van der Waals surface area contributed by atoms with Gasteiger partial charge in [-0.1, -0.05) is 90.3 Å². The normalized spacial score (nSPS) is 18.4. The number of benzene rings is 3. The highest BCUT2D eigenvalue weighted by Crippen LogP contribution is 2.47. The molecule has 4 heterocycles. The molecular formula is C43H38N8O12S3. The maximum absolute atomic E-state index is 14.8. The number of esters is 3. The molecule has 3 aliphatic rings. The van der Waals surface area contributed by atoms with Crippen LogP contribution in [-0.4, -0.2) is 120 Å². The van der Waals surface area contributed by atoms with Crippen molar-refractivity contribution < 1.29 is 57.4 Å². The van der Waals surface area contributed by atoms with E-state index >= 15 is 0 Å². The SMILES string of the molecule is CCN1CCN(C(=O)NC(C(=O)N[C@]2(NC=O)C(=O)N3C(C(=O)OC(c4ccccc4)c4ccccc4)=C(C(=S)c4nncs4)CS[C@H]32)c2ccc(OC(C)=O)c(OC(C)=O)c2)C(=O)C1=O. The number of likely N-dealkylation sites (N-methyl/N-ethyl adjacent to an activating group) is 1. The third-order valence-corrected chi connectivity index (χ3v) is 13.0. The maximum Gasteiger partial charge on any atom is 0.356 e. The van der Waals surface area contributed by atoms with Crippen LogP contribution < -0.4 is 25.4 Å². The number of carbonyl (C=O) groups excluding carboxylic acids is 9. The van der Waals surface area contributed by atoms with Crippen LogP contribution in [0.15, 0.2) is 95.6 Å². The Bertz CT molecular complexity index is 2630. The van der Waals surface area contributed by atoms with Crippen molar-refractivity contribution in [2.45, 2.75) is 44.0 Å². The van der Waals surface area contributed by atoms with Gasteiger partial charge in [0, 0.05) is 44.8 Å². The summed E-state index contributed by atoms with van der Waals surface area (Å²) in [4.78, 5) is 123. The molecule has 23 heteroatoms. The van der Waals surface area contributed by atoms with E-state index in [4.69, 9.17) is 26.4 Å². The van der Waals surface area contributed by atoms with Crippen molar-refractivity contribution in [3.63, 3.8) is 0 Å². The average Bonchev–Trinajstić information content (AvgIpc) is 3.86. The monoisotopic (exact) mass is 954 g/mol. The fourth-order valence-corrected chi connectivity index (χ4v) is 9.76. The first-order valence-electron chi connectivity index (χ1n) is 19.9. The number of piperazine rings is 1. The molecule has 3 aromatic carbocycles. The van der Waals surface area contributed by atoms with Gasteiger partial charge in [0.05, 0.1) is 4.86 Å². The number of urea groups is 1. The molecule has 2 saturated heterocycles. The first-order valence-corrected chi connectivity index (χ1v) is 22.3. The number of thioether (sulfide) groups is 1. The summed E-state index contributed by atoms with van der Waals surface area (Å²) in [6.45, 7) is 3.76. The Kier molecular flexibility index (Phi) is 14.0. The van der Waals surface area contributed by atoms with E-state index < -0.39 is 70.8 Å². The highest BCUT2D eigenvalue weighted by atomic mass is 32.2. The predicted octanol–water partition coefficient (Wildman–Crippen LogP) is 2.31. The Morgan fingerprint density at radius 3 is 2.14 bits per heavy atom. The fraction of sp³-hybridized carbons (Fsp3) is 0.256. The summed E-state index contributed by atoms with van der Waals surface area (Å²) in [5.41, 5.74) is 0.112. The Morgan fingerprint density at radius 1 is 0.894 bits per heavy atom. The van der Waals surface area contributed by atoms with Crippen molar-refractivity contribution in [2.24, 2.45) is 0 Å². The number of hydrogen-bond acceptors (Lipinski definition) is 17. The maximum atomic E-state index is 14.8. The number of amides is 7. The van der Waals surface area contributed by atoms with E-state index in [-0.39, 0.29) is 70.0 Å². The van der Waals surface area contributed by atoms with Gasteiger partial charge in [0.2, 0.25) is 18.0 Å². The Balaban J connectivity index is 1.26. The third-order valence-electron chi connectivity index (χ3n) is 10.4. The van der Waals surface area contributed by atoms with Gasteiger partial charge in [0.1, 0.15) is 22.6 Å². The lowest BCUT2D eigenvalue weighted by molar-refractivity contribution is -0.164. The number of ether oxygens (including phenoxy) is 3. The Hall–Kier alpha value is -7.37. The molecule has 0 saturated carbocycles. The second-order valence-corrected chi connectivity index (χ2v) is 16.8. The van der Waals surface area contributed by atoms with Crippen LogP contribution in [0.4, 0.5) is 4.79 Å². The summed E-state index contributed by atoms with van der Waals surface area (Å²) in [6, 6.07) is 18.2. The molecule has 0 spiro atoms. The zero-order chi connectivity index (χ0) is 47.3. The van der Waals surface area contributed by atoms with Gasteiger partial charge in [-0.15, -0.1) is 22.0 Å². The number of fused-ring (bicyclic) bond motifs is 1. The van der Waals surface area contributed by atoms with Gasteiger partial charge >= 0.3 is 35.8 Å². The van der Waals surface area contributed by atoms with E-state index in [1.807, 2.05) is 0 Å². The first-order chi connectivity index (χ1) is 31.7. The average molecular weight is 955 g/mol. The van der Waals surface area contributed by atoms with Gasteiger partial charge in [-0.2, -0.15) is 0 Å². The summed E-state index contributed by atoms with van der Waals surface area (Å²) in [5, 5.41) is 14.3. The highest BCUT2D eigenvalue weighted by Gasteiger charge is 2.67. The molecule has 2 fully saturated rings. The largest absolute Gasteiger partial charge is 0.448 e. The number of nitrogens with one attached hydrogen (secondary N) is 3. The lowest BCUT2D eigenvalue weighted by atomic mass is 9.93. The molecule has 7 amide bonds. The standard InChI is InChI=1S/C43H38N8O12S3/c1-4-49-17-18-50(38(57)37(49)56)42(60)46-31(27-15-16-29(61-23(2)53)30(19-27)62-24(3)54)35(55)47-43(44-21-52)40(59)51-32(28(20-65-41(43)51)34(64)36-48-45-22-66-36)39(58)63-33(25-11-7-5-8-12-25)26-13-9-6-10-14-26/h5-16,19,21-22,31,33,41H,4,17-18,20H2,1-3H3,(H,44,52)(H,46,60)(H,47,55)/t31?,41-,43+/m0/s1. The minimum Gasteiger partial charge on any atom is -0.448 e. The van der Waals surface area contributed by atoms with Crippen molar-refractivity contribution in [1.29, 1.82) is 0 Å². The van der Waals surface area contributed by atoms with Crippen LogP contribution >= 0.6 is 35.3 Å². The zero-order valence-corrected chi connectivity index (χ0v) is 37.5. The number of thiocarbonyl (C=S) groups is 1. The molecule has 1 unspecified atom stereocenters. The first kappa shape index (κ1) is 46.6. The van der Waals surface area contributed by atoms with E-state index in [0.29, 0.717) is 16.0 Å². The summed E-state index contributed by atoms with van der Waals surface area (Å²) in [6.07, 6.45) is -0.802. The van der Waals surface area contributed by atoms with Gasteiger partial charge in [0.15, 0.2) is 22.6 Å². The molecule has 0 radical (unpaired) electrons. The molecule has 20 nitrogen and oxygen atoms in total. The van der Waals surface area contributed by atoms with Crippen LogP contribution in [-0.2, 0) is 43.1 Å². The minimum atomic E-state index is -2.30. The summed E-state index contributed by atoms with van der Waals surface area (Å²) >= 11 is 7.92. The molecule has 340 valence electrons. The molecule has 3 N–H and O–H groups in total. The number of hydrogen-bond donors (Lipinski definition) is 3. The number of rotatable bonds is 15. The smallest absolute Gasteiger partial charge is 0.356 e. The molecule has 0 bridgehead atoms. The van der Waals surface area contributed by atoms with Crippen LogP contribution in [0.2, 0.25) is 0 Å². The second-order valence-electron chi connectivity index (χ2n) is 14.5. The lowest BCUT2D eigenvalue weighted by Gasteiger charge is -2.56. The molecule has 7 rings (SSSR count). The number of nitrogens with zero attached hydrogens (tertiary/aromatic N) is 5. The number of imide groups is 1. The van der Waals surface area contributed by atoms with Gasteiger partial charge in [-0.05, 0) is 35.7 Å². The van der Waals surface area contributed by atoms with Gasteiger partial charge in [-0.25, -0.2) is 9.59 Å². The molecular weight excluding hydrogens is 917 g/mol. The van der Waals surface area contributed by atoms with Crippen molar-refractivity contribution >= 4 is 94.2 Å². The second kappa shape index (κ2) is 19.8. The van der Waals surface area contributed by atoms with Crippen LogP contribution in [0.5, 0.6) is 11.5 Å². The third kappa shape index (κ3) is 9.25. The Labute approximate surface area is 389 Å². The Morgan fingerprint density at radius 2 is 1.55 bits per heavy atom. The van der Waals surface area contributed by atoms with Gasteiger partial charge < -0.3 is 35.1 Å². The quantitative estimate of drug-likeness (QED) is 0.0226. The van der Waals surface area contributed by atoms with E-state index in [1.54, 1.807) is 67.6 Å². The summed E-state index contributed by atoms with van der Waals surface area (Å²) in [5.74, 6) is -7.58. The van der Waals surface area contributed by atoms with Crippen LogP contribution in [0.3, 0.4) is 0 Å². The van der Waals surface area contributed by atoms with Crippen LogP contribution in [0.25, 0.3) is 0 Å². The van der Waals surface area contributed by atoms with Gasteiger partial charge in [0.25, 0.3) is 5.91 Å². The summed E-state index contributed by atoms with van der Waals surface area (Å²) < 4.78 is 16.7. The molecule has 4 aromatic rings. The molecule has 66 heavy (non-hydrogen) atoms. The zero-order valence-electron chi connectivity index (χ0n) is 35.1. The van der Waals surface area contributed by atoms with Crippen LogP contribution in [0.1, 0.15) is 54.6 Å². The van der Waals surface area contributed by atoms with E-state index in [9.17, 15) is 43.2 Å². The lowest BCUT2D eigenvalue weighted by Crippen LogP contribution is -2.85. The van der Waals surface area contributed by atoms with Gasteiger partial charge in [-0.3, -0.25) is 43.4 Å². The fourth-order valence-electron chi connectivity index (χ4n) is 7.36. The van der Waals surface area contributed by atoms with Crippen molar-refractivity contribution in [3.8, 4) is 11.5 Å². The molecule has 3 atom stereocenters. The molecule has 1 aromatic heterocycles. The van der Waals surface area contributed by atoms with Crippen LogP contribution in [0, 0.1) is 0 Å². The van der Waals surface area contributed by atoms with E-state index in [2.05, 4.69) is 26.1 Å². The predicted molar refractivity (Wildman–Crippen MR) is 237 cm³/mol. The minimum absolute atomic E-state index is 0.00510.